The summed E-state index contributed by atoms with van der Waals surface area (Å²) in [4.78, 5) is 43.1. The molecule has 1 aliphatic carbocycles. The van der Waals surface area contributed by atoms with E-state index in [9.17, 15) is 14.4 Å². The van der Waals surface area contributed by atoms with Crippen LogP contribution in [-0.4, -0.2) is 45.8 Å². The smallest absolute Gasteiger partial charge is 0.343 e. The third-order valence-electron chi connectivity index (χ3n) is 3.09. The Balaban J connectivity index is 1.91. The lowest BCUT2D eigenvalue weighted by atomic mass is 10.3. The van der Waals surface area contributed by atoms with Crippen molar-refractivity contribution in [2.45, 2.75) is 43.1 Å². The van der Waals surface area contributed by atoms with E-state index in [1.54, 1.807) is 13.8 Å². The van der Waals surface area contributed by atoms with E-state index >= 15 is 0 Å². The highest BCUT2D eigenvalue weighted by Gasteiger charge is 2.25. The predicted molar refractivity (Wildman–Crippen MR) is 87.4 cm³/mol. The number of hydrogen-bond acceptors (Lipinski definition) is 8. The predicted octanol–water partition coefficient (Wildman–Crippen LogP) is 0.704. The van der Waals surface area contributed by atoms with Crippen molar-refractivity contribution < 1.29 is 19.1 Å². The normalized spacial score (nSPS) is 14.6. The molecule has 0 saturated heterocycles. The lowest BCUT2D eigenvalue weighted by Crippen LogP contribution is -2.43. The zero-order valence-corrected chi connectivity index (χ0v) is 14.2. The summed E-state index contributed by atoms with van der Waals surface area (Å²) < 4.78 is 4.83. The average molecular weight is 353 g/mol. The van der Waals surface area contributed by atoms with E-state index in [0.717, 1.165) is 24.6 Å². The minimum atomic E-state index is -0.609. The first-order valence-corrected chi connectivity index (χ1v) is 8.36. The molecule has 1 heterocycles. The Hall–Kier alpha value is -2.36. The fourth-order valence-corrected chi connectivity index (χ4v) is 2.42. The number of rotatable bonds is 6. The van der Waals surface area contributed by atoms with E-state index in [1.807, 2.05) is 0 Å². The van der Waals surface area contributed by atoms with Gasteiger partial charge >= 0.3 is 12.0 Å². The molecule has 0 spiro atoms. The zero-order valence-electron chi connectivity index (χ0n) is 13.4. The number of esters is 1. The van der Waals surface area contributed by atoms with Crippen molar-refractivity contribution in [2.75, 3.05) is 12.3 Å². The summed E-state index contributed by atoms with van der Waals surface area (Å²) in [5.41, 5.74) is 5.79. The lowest BCUT2D eigenvalue weighted by Gasteiger charge is -2.11. The standard InChI is InChI=1S/C14H19N5O4S/c1-3-23-12(21)9-6-16-14(18-10(9)15)24-7(2)11(20)19-13(22)17-8-4-5-8/h6-8H,3-5H2,1-2H3,(H2,15,16,18)(H2,17,19,20,22)/t7-/m0/s1. The van der Waals surface area contributed by atoms with Crippen LogP contribution < -0.4 is 16.4 Å². The SMILES string of the molecule is CCOC(=O)c1cnc(S[C@@H](C)C(=O)NC(=O)NC2CC2)nc1N. The van der Waals surface area contributed by atoms with Gasteiger partial charge in [-0.1, -0.05) is 11.8 Å². The Morgan fingerprint density at radius 3 is 2.75 bits per heavy atom. The minimum absolute atomic E-state index is 0.0231. The average Bonchev–Trinajstić information content (AvgIpc) is 3.31. The molecule has 24 heavy (non-hydrogen) atoms. The van der Waals surface area contributed by atoms with E-state index in [4.69, 9.17) is 10.5 Å². The van der Waals surface area contributed by atoms with Crippen LogP contribution in [0.3, 0.4) is 0 Å². The summed E-state index contributed by atoms with van der Waals surface area (Å²) >= 11 is 1.03. The number of nitrogens with one attached hydrogen (secondary N) is 2. The van der Waals surface area contributed by atoms with Gasteiger partial charge in [-0.15, -0.1) is 0 Å². The summed E-state index contributed by atoms with van der Waals surface area (Å²) in [6.07, 6.45) is 3.13. The van der Waals surface area contributed by atoms with Gasteiger partial charge in [0.2, 0.25) is 5.91 Å². The molecule has 10 heteroatoms. The highest BCUT2D eigenvalue weighted by Crippen LogP contribution is 2.22. The van der Waals surface area contributed by atoms with E-state index in [2.05, 4.69) is 20.6 Å². The first-order valence-electron chi connectivity index (χ1n) is 7.48. The molecular weight excluding hydrogens is 334 g/mol. The monoisotopic (exact) mass is 353 g/mol. The molecule has 1 fully saturated rings. The molecule has 0 aliphatic heterocycles. The molecular formula is C14H19N5O4S. The number of nitrogens with two attached hydrogens (primary N) is 1. The van der Waals surface area contributed by atoms with Crippen molar-refractivity contribution in [2.24, 2.45) is 0 Å². The Morgan fingerprint density at radius 2 is 2.17 bits per heavy atom. The second kappa shape index (κ2) is 7.95. The Morgan fingerprint density at radius 1 is 1.46 bits per heavy atom. The maximum Gasteiger partial charge on any atom is 0.343 e. The third kappa shape index (κ3) is 5.08. The van der Waals surface area contributed by atoms with E-state index in [-0.39, 0.29) is 29.2 Å². The highest BCUT2D eigenvalue weighted by molar-refractivity contribution is 8.00. The first kappa shape index (κ1) is 18.0. The van der Waals surface area contributed by atoms with Crippen LogP contribution in [-0.2, 0) is 9.53 Å². The number of anilines is 1. The molecule has 1 aromatic rings. The topological polar surface area (TPSA) is 136 Å². The quantitative estimate of drug-likeness (QED) is 0.386. The molecule has 0 bridgehead atoms. The number of nitrogen functional groups attached to an aromatic ring is 1. The van der Waals surface area contributed by atoms with Gasteiger partial charge in [-0.2, -0.15) is 0 Å². The number of ether oxygens (including phenoxy) is 1. The molecule has 1 atom stereocenters. The molecule has 1 saturated carbocycles. The molecule has 1 aromatic heterocycles. The van der Waals surface area contributed by atoms with Crippen LogP contribution in [0.1, 0.15) is 37.0 Å². The van der Waals surface area contributed by atoms with Crippen LogP contribution in [0.4, 0.5) is 10.6 Å². The van der Waals surface area contributed by atoms with Gasteiger partial charge in [-0.25, -0.2) is 19.6 Å². The van der Waals surface area contributed by atoms with Crippen molar-refractivity contribution in [3.63, 3.8) is 0 Å². The number of carbonyl (C=O) groups is 3. The lowest BCUT2D eigenvalue weighted by molar-refractivity contribution is -0.119. The van der Waals surface area contributed by atoms with Crippen LogP contribution in [0.2, 0.25) is 0 Å². The van der Waals surface area contributed by atoms with E-state index < -0.39 is 23.2 Å². The molecule has 0 unspecified atom stereocenters. The number of nitrogens with zero attached hydrogens (tertiary/aromatic N) is 2. The van der Waals surface area contributed by atoms with Gasteiger partial charge in [0.1, 0.15) is 11.4 Å². The number of aromatic nitrogens is 2. The molecule has 0 aromatic carbocycles. The van der Waals surface area contributed by atoms with Gasteiger partial charge in [-0.3, -0.25) is 10.1 Å². The second-order valence-electron chi connectivity index (χ2n) is 5.17. The summed E-state index contributed by atoms with van der Waals surface area (Å²) in [5.74, 6) is -1.09. The fourth-order valence-electron chi connectivity index (χ4n) is 1.68. The summed E-state index contributed by atoms with van der Waals surface area (Å²) in [7, 11) is 0. The highest BCUT2D eigenvalue weighted by atomic mass is 32.2. The minimum Gasteiger partial charge on any atom is -0.462 e. The fraction of sp³-hybridized carbons (Fsp3) is 0.500. The van der Waals surface area contributed by atoms with Crippen molar-refractivity contribution in [1.82, 2.24) is 20.6 Å². The van der Waals surface area contributed by atoms with Gasteiger partial charge in [0.15, 0.2) is 5.16 Å². The van der Waals surface area contributed by atoms with Gasteiger partial charge in [-0.05, 0) is 26.7 Å². The Kier molecular flexibility index (Phi) is 5.96. The molecule has 3 amide bonds. The summed E-state index contributed by atoms with van der Waals surface area (Å²) in [6.45, 7) is 3.51. The molecule has 0 radical (unpaired) electrons. The molecule has 2 rings (SSSR count). The molecule has 1 aliphatic rings. The van der Waals surface area contributed by atoms with Crippen molar-refractivity contribution in [1.29, 1.82) is 0 Å². The maximum atomic E-state index is 12.0. The Labute approximate surface area is 143 Å². The zero-order chi connectivity index (χ0) is 17.7. The summed E-state index contributed by atoms with van der Waals surface area (Å²) in [5, 5.41) is 4.54. The molecule has 9 nitrogen and oxygen atoms in total. The number of thioether (sulfide) groups is 1. The number of urea groups is 1. The second-order valence-corrected chi connectivity index (χ2v) is 6.48. The van der Waals surface area contributed by atoms with Gasteiger partial charge in [0, 0.05) is 12.2 Å². The van der Waals surface area contributed by atoms with Crippen LogP contribution in [0, 0.1) is 0 Å². The van der Waals surface area contributed by atoms with Crippen molar-refractivity contribution in [3.05, 3.63) is 11.8 Å². The number of amides is 3. The van der Waals surface area contributed by atoms with E-state index in [0.29, 0.717) is 0 Å². The first-order chi connectivity index (χ1) is 11.4. The van der Waals surface area contributed by atoms with Crippen LogP contribution in [0.25, 0.3) is 0 Å². The largest absolute Gasteiger partial charge is 0.462 e. The summed E-state index contributed by atoms with van der Waals surface area (Å²) in [6, 6.07) is -0.340. The van der Waals surface area contributed by atoms with Gasteiger partial charge in [0.05, 0.1) is 11.9 Å². The molecule has 130 valence electrons. The number of hydrogen-bond donors (Lipinski definition) is 3. The number of imide groups is 1. The Bertz CT molecular complexity index is 650. The van der Waals surface area contributed by atoms with Crippen molar-refractivity contribution in [3.8, 4) is 0 Å². The van der Waals surface area contributed by atoms with Crippen molar-refractivity contribution >= 4 is 35.5 Å². The number of carbonyl (C=O) groups excluding carboxylic acids is 3. The maximum absolute atomic E-state index is 12.0. The van der Waals surface area contributed by atoms with Crippen LogP contribution in [0.15, 0.2) is 11.4 Å². The third-order valence-corrected chi connectivity index (χ3v) is 4.07. The van der Waals surface area contributed by atoms with Gasteiger partial charge in [0.25, 0.3) is 0 Å². The van der Waals surface area contributed by atoms with Crippen LogP contribution >= 0.6 is 11.8 Å². The molecule has 4 N–H and O–H groups in total. The van der Waals surface area contributed by atoms with Gasteiger partial charge < -0.3 is 15.8 Å². The van der Waals surface area contributed by atoms with E-state index in [1.165, 1.54) is 6.20 Å². The van der Waals surface area contributed by atoms with Crippen LogP contribution in [0.5, 0.6) is 0 Å².